The maximum absolute atomic E-state index is 12.3. The molecule has 0 spiro atoms. The molecule has 0 saturated heterocycles. The smallest absolute Gasteiger partial charge is 0.244 e. The first-order chi connectivity index (χ1) is 11.3. The fourth-order valence-corrected chi connectivity index (χ4v) is 2.49. The van der Waals surface area contributed by atoms with Gasteiger partial charge in [-0.1, -0.05) is 29.3 Å². The summed E-state index contributed by atoms with van der Waals surface area (Å²) in [6.07, 6.45) is 0. The molecule has 0 heterocycles. The summed E-state index contributed by atoms with van der Waals surface area (Å²) in [7, 11) is 0. The SMILES string of the molecule is CC(=O)N(CC(=O)Nc1ccc(C)c(C)c1)c1ccc(Cl)c(Cl)c1. The van der Waals surface area contributed by atoms with Gasteiger partial charge in [-0.05, 0) is 55.3 Å². The highest BCUT2D eigenvalue weighted by molar-refractivity contribution is 6.42. The first-order valence-electron chi connectivity index (χ1n) is 7.38. The summed E-state index contributed by atoms with van der Waals surface area (Å²) in [6, 6.07) is 10.5. The lowest BCUT2D eigenvalue weighted by atomic mass is 10.1. The van der Waals surface area contributed by atoms with Crippen LogP contribution in [0.15, 0.2) is 36.4 Å². The van der Waals surface area contributed by atoms with Gasteiger partial charge in [-0.2, -0.15) is 0 Å². The Kier molecular flexibility index (Phi) is 5.86. The molecule has 2 rings (SSSR count). The van der Waals surface area contributed by atoms with Crippen molar-refractivity contribution in [1.29, 1.82) is 0 Å². The number of halogens is 2. The van der Waals surface area contributed by atoms with Gasteiger partial charge >= 0.3 is 0 Å². The van der Waals surface area contributed by atoms with Crippen LogP contribution in [0.4, 0.5) is 11.4 Å². The molecule has 0 radical (unpaired) electrons. The second-order valence-electron chi connectivity index (χ2n) is 5.55. The number of nitrogens with one attached hydrogen (secondary N) is 1. The fraction of sp³-hybridized carbons (Fsp3) is 0.222. The van der Waals surface area contributed by atoms with Crippen LogP contribution in [0, 0.1) is 13.8 Å². The van der Waals surface area contributed by atoms with Crippen molar-refractivity contribution >= 4 is 46.4 Å². The van der Waals surface area contributed by atoms with E-state index in [1.54, 1.807) is 18.2 Å². The molecule has 0 fully saturated rings. The third-order valence-corrected chi connectivity index (χ3v) is 4.43. The van der Waals surface area contributed by atoms with Gasteiger partial charge in [-0.15, -0.1) is 0 Å². The van der Waals surface area contributed by atoms with Gasteiger partial charge in [-0.25, -0.2) is 0 Å². The molecule has 4 nitrogen and oxygen atoms in total. The number of anilines is 2. The zero-order valence-electron chi connectivity index (χ0n) is 13.7. The van der Waals surface area contributed by atoms with Crippen molar-refractivity contribution in [2.75, 3.05) is 16.8 Å². The molecule has 0 unspecified atom stereocenters. The van der Waals surface area contributed by atoms with Crippen molar-refractivity contribution in [3.63, 3.8) is 0 Å². The number of nitrogens with zero attached hydrogens (tertiary/aromatic N) is 1. The number of hydrogen-bond donors (Lipinski definition) is 1. The lowest BCUT2D eigenvalue weighted by Crippen LogP contribution is -2.36. The number of amides is 2. The van der Waals surface area contributed by atoms with E-state index in [1.165, 1.54) is 11.8 Å². The van der Waals surface area contributed by atoms with Crippen LogP contribution in [-0.4, -0.2) is 18.4 Å². The number of carbonyl (C=O) groups excluding carboxylic acids is 2. The Labute approximate surface area is 151 Å². The highest BCUT2D eigenvalue weighted by atomic mass is 35.5. The van der Waals surface area contributed by atoms with E-state index in [2.05, 4.69) is 5.32 Å². The Morgan fingerprint density at radius 2 is 1.71 bits per heavy atom. The quantitative estimate of drug-likeness (QED) is 0.861. The van der Waals surface area contributed by atoms with Gasteiger partial charge in [0.05, 0.1) is 10.0 Å². The maximum Gasteiger partial charge on any atom is 0.244 e. The minimum absolute atomic E-state index is 0.111. The first kappa shape index (κ1) is 18.3. The van der Waals surface area contributed by atoms with E-state index in [4.69, 9.17) is 23.2 Å². The van der Waals surface area contributed by atoms with Gasteiger partial charge in [0, 0.05) is 18.3 Å². The summed E-state index contributed by atoms with van der Waals surface area (Å²) in [5.41, 5.74) is 3.45. The highest BCUT2D eigenvalue weighted by Crippen LogP contribution is 2.27. The molecule has 6 heteroatoms. The molecule has 2 amide bonds. The Bertz CT molecular complexity index is 791. The number of aryl methyl sites for hydroxylation is 2. The zero-order chi connectivity index (χ0) is 17.9. The van der Waals surface area contributed by atoms with Crippen molar-refractivity contribution in [2.45, 2.75) is 20.8 Å². The molecule has 24 heavy (non-hydrogen) atoms. The molecular weight excluding hydrogens is 347 g/mol. The van der Waals surface area contributed by atoms with E-state index in [-0.39, 0.29) is 18.4 Å². The molecule has 0 aliphatic rings. The lowest BCUT2D eigenvalue weighted by molar-refractivity contribution is -0.120. The third kappa shape index (κ3) is 4.49. The average molecular weight is 365 g/mol. The molecule has 0 aliphatic carbocycles. The van der Waals surface area contributed by atoms with Gasteiger partial charge in [-0.3, -0.25) is 9.59 Å². The Morgan fingerprint density at radius 3 is 2.29 bits per heavy atom. The van der Waals surface area contributed by atoms with E-state index >= 15 is 0 Å². The Morgan fingerprint density at radius 1 is 1.00 bits per heavy atom. The number of benzene rings is 2. The summed E-state index contributed by atoms with van der Waals surface area (Å²) in [5, 5.41) is 3.52. The maximum atomic E-state index is 12.3. The standard InChI is InChI=1S/C18H18Cl2N2O2/c1-11-4-5-14(8-12(11)2)21-18(24)10-22(13(3)23)15-6-7-16(19)17(20)9-15/h4-9H,10H2,1-3H3,(H,21,24). The van der Waals surface area contributed by atoms with Crippen LogP contribution in [0.3, 0.4) is 0 Å². The lowest BCUT2D eigenvalue weighted by Gasteiger charge is -2.21. The molecule has 126 valence electrons. The van der Waals surface area contributed by atoms with Gasteiger partial charge in [0.15, 0.2) is 0 Å². The number of hydrogen-bond acceptors (Lipinski definition) is 2. The van der Waals surface area contributed by atoms with E-state index in [0.29, 0.717) is 21.4 Å². The second kappa shape index (κ2) is 7.69. The zero-order valence-corrected chi connectivity index (χ0v) is 15.2. The normalized spacial score (nSPS) is 10.4. The van der Waals surface area contributed by atoms with Crippen molar-refractivity contribution in [3.05, 3.63) is 57.6 Å². The van der Waals surface area contributed by atoms with E-state index in [0.717, 1.165) is 11.1 Å². The number of rotatable bonds is 4. The van der Waals surface area contributed by atoms with Crippen molar-refractivity contribution in [3.8, 4) is 0 Å². The van der Waals surface area contributed by atoms with Crippen LogP contribution >= 0.6 is 23.2 Å². The van der Waals surface area contributed by atoms with Gasteiger partial charge in [0.1, 0.15) is 6.54 Å². The van der Waals surface area contributed by atoms with E-state index in [9.17, 15) is 9.59 Å². The Balaban J connectivity index is 2.15. The number of carbonyl (C=O) groups is 2. The van der Waals surface area contributed by atoms with Gasteiger partial charge < -0.3 is 10.2 Å². The summed E-state index contributed by atoms with van der Waals surface area (Å²) in [6.45, 7) is 5.26. The highest BCUT2D eigenvalue weighted by Gasteiger charge is 2.17. The summed E-state index contributed by atoms with van der Waals surface area (Å²) >= 11 is 11.9. The van der Waals surface area contributed by atoms with Crippen LogP contribution in [0.25, 0.3) is 0 Å². The molecule has 0 aliphatic heterocycles. The van der Waals surface area contributed by atoms with Crippen LogP contribution in [0.5, 0.6) is 0 Å². The van der Waals surface area contributed by atoms with Crippen LogP contribution in [0.2, 0.25) is 10.0 Å². The molecule has 0 saturated carbocycles. The minimum atomic E-state index is -0.292. The van der Waals surface area contributed by atoms with Crippen molar-refractivity contribution in [2.24, 2.45) is 0 Å². The van der Waals surface area contributed by atoms with E-state index in [1.807, 2.05) is 32.0 Å². The summed E-state index contributed by atoms with van der Waals surface area (Å²) in [4.78, 5) is 25.5. The van der Waals surface area contributed by atoms with Crippen molar-refractivity contribution < 1.29 is 9.59 Å². The minimum Gasteiger partial charge on any atom is -0.325 e. The molecule has 0 bridgehead atoms. The topological polar surface area (TPSA) is 49.4 Å². The fourth-order valence-electron chi connectivity index (χ4n) is 2.20. The molecule has 0 aromatic heterocycles. The second-order valence-corrected chi connectivity index (χ2v) is 6.37. The van der Waals surface area contributed by atoms with Crippen LogP contribution in [-0.2, 0) is 9.59 Å². The third-order valence-electron chi connectivity index (χ3n) is 3.69. The average Bonchev–Trinajstić information content (AvgIpc) is 2.51. The molecule has 2 aromatic rings. The largest absolute Gasteiger partial charge is 0.325 e. The molecule has 2 aromatic carbocycles. The molecule has 0 atom stereocenters. The summed E-state index contributed by atoms with van der Waals surface area (Å²) in [5.74, 6) is -0.553. The Hall–Kier alpha value is -2.04. The van der Waals surface area contributed by atoms with Crippen LogP contribution in [0.1, 0.15) is 18.1 Å². The predicted molar refractivity (Wildman–Crippen MR) is 99.0 cm³/mol. The molecule has 1 N–H and O–H groups in total. The van der Waals surface area contributed by atoms with Gasteiger partial charge in [0.2, 0.25) is 11.8 Å². The first-order valence-corrected chi connectivity index (χ1v) is 8.14. The van der Waals surface area contributed by atoms with Gasteiger partial charge in [0.25, 0.3) is 0 Å². The van der Waals surface area contributed by atoms with E-state index < -0.39 is 0 Å². The predicted octanol–water partition coefficient (Wildman–Crippen LogP) is 4.60. The van der Waals surface area contributed by atoms with Crippen molar-refractivity contribution in [1.82, 2.24) is 0 Å². The monoisotopic (exact) mass is 364 g/mol. The van der Waals surface area contributed by atoms with Crippen LogP contribution < -0.4 is 10.2 Å². The summed E-state index contributed by atoms with van der Waals surface area (Å²) < 4.78 is 0. The molecular formula is C18H18Cl2N2O2.